The lowest BCUT2D eigenvalue weighted by Crippen LogP contribution is -2.34. The summed E-state index contributed by atoms with van der Waals surface area (Å²) >= 11 is 0. The quantitative estimate of drug-likeness (QED) is 0.628. The summed E-state index contributed by atoms with van der Waals surface area (Å²) in [5.41, 5.74) is 0.484. The Morgan fingerprint density at radius 2 is 2.00 bits per heavy atom. The fourth-order valence-electron chi connectivity index (χ4n) is 1.30. The van der Waals surface area contributed by atoms with Gasteiger partial charge in [0.05, 0.1) is 5.56 Å². The molecule has 0 aliphatic carbocycles. The number of pyridine rings is 1. The predicted octanol–water partition coefficient (Wildman–Crippen LogP) is -0.0108. The molecule has 1 rings (SSSR count). The van der Waals surface area contributed by atoms with Crippen molar-refractivity contribution in [2.24, 2.45) is 0 Å². The van der Waals surface area contributed by atoms with Crippen LogP contribution in [-0.2, 0) is 4.79 Å². The molecule has 0 aliphatic heterocycles. The summed E-state index contributed by atoms with van der Waals surface area (Å²) in [5, 5.41) is 8.13. The number of aromatic nitrogens is 1. The maximum atomic E-state index is 11.8. The zero-order valence-corrected chi connectivity index (χ0v) is 9.91. The van der Waals surface area contributed by atoms with E-state index in [1.807, 2.05) is 0 Å². The predicted molar refractivity (Wildman–Crippen MR) is 64.8 cm³/mol. The van der Waals surface area contributed by atoms with Crippen LogP contribution in [0.15, 0.2) is 18.3 Å². The van der Waals surface area contributed by atoms with Crippen LogP contribution in [0.1, 0.15) is 17.3 Å². The second kappa shape index (κ2) is 6.47. The molecule has 0 radical (unpaired) electrons. The van der Waals surface area contributed by atoms with Crippen molar-refractivity contribution in [3.05, 3.63) is 23.9 Å². The van der Waals surface area contributed by atoms with Crippen LogP contribution in [0.3, 0.4) is 0 Å². The van der Waals surface area contributed by atoms with Crippen LogP contribution >= 0.6 is 0 Å². The summed E-state index contributed by atoms with van der Waals surface area (Å²) < 4.78 is 0. The molecule has 0 saturated heterocycles. The van der Waals surface area contributed by atoms with E-state index in [0.29, 0.717) is 24.5 Å². The topological polar surface area (TPSA) is 83.1 Å². The first kappa shape index (κ1) is 13.0. The average Bonchev–Trinajstić information content (AvgIpc) is 2.34. The first-order valence-electron chi connectivity index (χ1n) is 5.30. The van der Waals surface area contributed by atoms with Crippen LogP contribution in [0.5, 0.6) is 0 Å². The fraction of sp³-hybridized carbons (Fsp3) is 0.364. The number of rotatable bonds is 5. The van der Waals surface area contributed by atoms with Crippen molar-refractivity contribution in [1.82, 2.24) is 15.6 Å². The molecule has 0 aliphatic rings. The highest BCUT2D eigenvalue weighted by molar-refractivity contribution is 5.98. The summed E-state index contributed by atoms with van der Waals surface area (Å²) in [5.74, 6) is 0.203. The molecule has 2 amide bonds. The van der Waals surface area contributed by atoms with Crippen LogP contribution in [0.4, 0.5) is 5.82 Å². The SMILES string of the molecule is CNc1ncccc1C(=O)NCCNC(C)=O. The number of carbonyl (C=O) groups excluding carboxylic acids is 2. The molecular formula is C11H16N4O2. The van der Waals surface area contributed by atoms with Gasteiger partial charge in [-0.1, -0.05) is 0 Å². The van der Waals surface area contributed by atoms with Crippen LogP contribution in [-0.4, -0.2) is 36.9 Å². The third-order valence-corrected chi connectivity index (χ3v) is 2.07. The smallest absolute Gasteiger partial charge is 0.255 e. The van der Waals surface area contributed by atoms with Crippen molar-refractivity contribution in [2.45, 2.75) is 6.92 Å². The molecule has 0 spiro atoms. The molecule has 1 heterocycles. The lowest BCUT2D eigenvalue weighted by molar-refractivity contribution is -0.118. The minimum atomic E-state index is -0.215. The molecule has 3 N–H and O–H groups in total. The standard InChI is InChI=1S/C11H16N4O2/c1-8(16)13-6-7-15-11(17)9-4-3-5-14-10(9)12-2/h3-5H,6-7H2,1-2H3,(H,12,14)(H,13,16)(H,15,17). The van der Waals surface area contributed by atoms with Crippen LogP contribution < -0.4 is 16.0 Å². The van der Waals surface area contributed by atoms with E-state index in [1.54, 1.807) is 25.4 Å². The molecule has 0 aromatic carbocycles. The molecule has 0 atom stereocenters. The maximum Gasteiger partial charge on any atom is 0.255 e. The summed E-state index contributed by atoms with van der Waals surface area (Å²) in [6.45, 7) is 2.23. The van der Waals surface area contributed by atoms with Gasteiger partial charge < -0.3 is 16.0 Å². The van der Waals surface area contributed by atoms with Crippen LogP contribution in [0, 0.1) is 0 Å². The summed E-state index contributed by atoms with van der Waals surface area (Å²) in [6.07, 6.45) is 1.61. The van der Waals surface area contributed by atoms with Gasteiger partial charge in [-0.15, -0.1) is 0 Å². The van der Waals surface area contributed by atoms with Crippen LogP contribution in [0.2, 0.25) is 0 Å². The van der Waals surface area contributed by atoms with Gasteiger partial charge >= 0.3 is 0 Å². The Labute approximate surface area is 99.8 Å². The number of anilines is 1. The molecule has 17 heavy (non-hydrogen) atoms. The minimum Gasteiger partial charge on any atom is -0.372 e. The van der Waals surface area contributed by atoms with Crippen LogP contribution in [0.25, 0.3) is 0 Å². The number of carbonyl (C=O) groups is 2. The molecule has 0 fully saturated rings. The van der Waals surface area contributed by atoms with Crippen molar-refractivity contribution in [3.8, 4) is 0 Å². The van der Waals surface area contributed by atoms with E-state index in [-0.39, 0.29) is 11.8 Å². The molecule has 1 aromatic heterocycles. The largest absolute Gasteiger partial charge is 0.372 e. The average molecular weight is 236 g/mol. The van der Waals surface area contributed by atoms with Gasteiger partial charge in [0.25, 0.3) is 5.91 Å². The molecule has 0 saturated carbocycles. The molecule has 92 valence electrons. The first-order chi connectivity index (χ1) is 8.15. The van der Waals surface area contributed by atoms with E-state index in [0.717, 1.165) is 0 Å². The Balaban J connectivity index is 2.49. The molecule has 6 nitrogen and oxygen atoms in total. The Hall–Kier alpha value is -2.11. The highest BCUT2D eigenvalue weighted by Gasteiger charge is 2.09. The summed E-state index contributed by atoms with van der Waals surface area (Å²) in [7, 11) is 1.70. The van der Waals surface area contributed by atoms with Gasteiger partial charge in [-0.2, -0.15) is 0 Å². The number of nitrogens with zero attached hydrogens (tertiary/aromatic N) is 1. The van der Waals surface area contributed by atoms with Gasteiger partial charge in [0.15, 0.2) is 0 Å². The van der Waals surface area contributed by atoms with Gasteiger partial charge in [-0.05, 0) is 12.1 Å². The zero-order valence-electron chi connectivity index (χ0n) is 9.91. The second-order valence-corrected chi connectivity index (χ2v) is 3.39. The lowest BCUT2D eigenvalue weighted by atomic mass is 10.2. The van der Waals surface area contributed by atoms with E-state index < -0.39 is 0 Å². The third-order valence-electron chi connectivity index (χ3n) is 2.07. The Morgan fingerprint density at radius 1 is 1.29 bits per heavy atom. The van der Waals surface area contributed by atoms with Gasteiger partial charge in [-0.25, -0.2) is 4.98 Å². The molecule has 0 unspecified atom stereocenters. The highest BCUT2D eigenvalue weighted by atomic mass is 16.2. The van der Waals surface area contributed by atoms with Gasteiger partial charge in [-0.3, -0.25) is 9.59 Å². The summed E-state index contributed by atoms with van der Waals surface area (Å²) in [6, 6.07) is 3.39. The van der Waals surface area contributed by atoms with Crippen molar-refractivity contribution < 1.29 is 9.59 Å². The van der Waals surface area contributed by atoms with Crippen molar-refractivity contribution in [1.29, 1.82) is 0 Å². The Morgan fingerprint density at radius 3 is 2.65 bits per heavy atom. The summed E-state index contributed by atoms with van der Waals surface area (Å²) in [4.78, 5) is 26.4. The van der Waals surface area contributed by atoms with E-state index in [1.165, 1.54) is 6.92 Å². The minimum absolute atomic E-state index is 0.114. The van der Waals surface area contributed by atoms with Gasteiger partial charge in [0.2, 0.25) is 5.91 Å². The molecule has 1 aromatic rings. The normalized spacial score (nSPS) is 9.53. The Bertz CT molecular complexity index is 406. The molecule has 0 bridgehead atoms. The van der Waals surface area contributed by atoms with Crippen molar-refractivity contribution >= 4 is 17.6 Å². The van der Waals surface area contributed by atoms with E-state index >= 15 is 0 Å². The highest BCUT2D eigenvalue weighted by Crippen LogP contribution is 2.09. The van der Waals surface area contributed by atoms with Gasteiger partial charge in [0.1, 0.15) is 5.82 Å². The second-order valence-electron chi connectivity index (χ2n) is 3.39. The monoisotopic (exact) mass is 236 g/mol. The van der Waals surface area contributed by atoms with E-state index in [2.05, 4.69) is 20.9 Å². The van der Waals surface area contributed by atoms with Crippen molar-refractivity contribution in [2.75, 3.05) is 25.5 Å². The number of hydrogen-bond acceptors (Lipinski definition) is 4. The zero-order chi connectivity index (χ0) is 12.7. The molecular weight excluding hydrogens is 220 g/mol. The first-order valence-corrected chi connectivity index (χ1v) is 5.30. The number of hydrogen-bond donors (Lipinski definition) is 3. The fourth-order valence-corrected chi connectivity index (χ4v) is 1.30. The number of amides is 2. The third kappa shape index (κ3) is 4.10. The van der Waals surface area contributed by atoms with Crippen molar-refractivity contribution in [3.63, 3.8) is 0 Å². The lowest BCUT2D eigenvalue weighted by Gasteiger charge is -2.08. The molecule has 6 heteroatoms. The maximum absolute atomic E-state index is 11.8. The Kier molecular flexibility index (Phi) is 4.93. The number of nitrogens with one attached hydrogen (secondary N) is 3. The van der Waals surface area contributed by atoms with E-state index in [9.17, 15) is 9.59 Å². The van der Waals surface area contributed by atoms with E-state index in [4.69, 9.17) is 0 Å². The van der Waals surface area contributed by atoms with Gasteiger partial charge in [0, 0.05) is 33.3 Å².